The van der Waals surface area contributed by atoms with Crippen molar-refractivity contribution in [3.05, 3.63) is 23.8 Å². The van der Waals surface area contributed by atoms with E-state index in [1.54, 1.807) is 6.33 Å². The number of carboxylic acids is 1. The summed E-state index contributed by atoms with van der Waals surface area (Å²) in [6.07, 6.45) is 9.58. The smallest absolute Gasteiger partial charge is 0.307 e. The van der Waals surface area contributed by atoms with Crippen LogP contribution >= 0.6 is 0 Å². The van der Waals surface area contributed by atoms with Crippen LogP contribution in [-0.2, 0) is 14.3 Å². The maximum atomic E-state index is 13.6. The molecule has 12 atom stereocenters. The summed E-state index contributed by atoms with van der Waals surface area (Å²) in [7, 11) is 0. The zero-order chi connectivity index (χ0) is 36.9. The molecule has 2 aliphatic heterocycles. The second-order valence-corrected chi connectivity index (χ2v) is 19.7. The summed E-state index contributed by atoms with van der Waals surface area (Å²) >= 11 is 0. The average molecular weight is 707 g/mol. The first-order chi connectivity index (χ1) is 23.9. The first-order valence-corrected chi connectivity index (χ1v) is 20.0. The second-order valence-electron chi connectivity index (χ2n) is 19.7. The Morgan fingerprint density at radius 3 is 2.53 bits per heavy atom. The summed E-state index contributed by atoms with van der Waals surface area (Å²) in [6, 6.07) is -0.102. The Hall–Kier alpha value is -2.30. The number of nitrogens with zero attached hydrogens (tertiary/aromatic N) is 4. The second kappa shape index (κ2) is 12.4. The minimum absolute atomic E-state index is 0.101. The predicted molar refractivity (Wildman–Crippen MR) is 199 cm³/mol. The van der Waals surface area contributed by atoms with Gasteiger partial charge >= 0.3 is 5.97 Å². The van der Waals surface area contributed by atoms with Gasteiger partial charge < -0.3 is 25.6 Å². The van der Waals surface area contributed by atoms with Crippen LogP contribution < -0.4 is 11.1 Å². The van der Waals surface area contributed by atoms with Gasteiger partial charge in [-0.3, -0.25) is 9.79 Å². The molecular weight excluding hydrogens is 640 g/mol. The lowest BCUT2D eigenvalue weighted by Crippen LogP contribution is -2.70. The Kier molecular flexibility index (Phi) is 8.98. The van der Waals surface area contributed by atoms with Gasteiger partial charge in [0.1, 0.15) is 6.33 Å². The first kappa shape index (κ1) is 37.0. The van der Waals surface area contributed by atoms with Crippen molar-refractivity contribution in [3.63, 3.8) is 0 Å². The number of fused-ring (bicyclic) bond motifs is 3. The molecule has 2 bridgehead atoms. The highest BCUT2D eigenvalue weighted by molar-refractivity contribution is 5.96. The van der Waals surface area contributed by atoms with E-state index < -0.39 is 28.3 Å². The Bertz CT molecular complexity index is 1580. The van der Waals surface area contributed by atoms with Crippen LogP contribution in [-0.4, -0.2) is 76.2 Å². The molecule has 1 aromatic heterocycles. The van der Waals surface area contributed by atoms with Crippen LogP contribution in [0.25, 0.3) is 0 Å². The quantitative estimate of drug-likeness (QED) is 0.247. The van der Waals surface area contributed by atoms with Crippen LogP contribution in [0.2, 0.25) is 0 Å². The van der Waals surface area contributed by atoms with E-state index >= 15 is 0 Å². The Morgan fingerprint density at radius 1 is 1.14 bits per heavy atom. The molecule has 3 heterocycles. The van der Waals surface area contributed by atoms with Crippen molar-refractivity contribution in [2.45, 2.75) is 125 Å². The van der Waals surface area contributed by atoms with E-state index in [2.05, 4.69) is 85.3 Å². The van der Waals surface area contributed by atoms with E-state index in [1.165, 1.54) is 5.57 Å². The normalized spacial score (nSPS) is 43.7. The van der Waals surface area contributed by atoms with Crippen LogP contribution in [0, 0.1) is 62.6 Å². The lowest BCUT2D eigenvalue weighted by atomic mass is 9.34. The number of aliphatic imine (C=N–C) groups is 1. The lowest BCUT2D eigenvalue weighted by Gasteiger charge is -2.71. The molecule has 51 heavy (non-hydrogen) atoms. The Morgan fingerprint density at radius 2 is 1.88 bits per heavy atom. The summed E-state index contributed by atoms with van der Waals surface area (Å²) in [6.45, 7) is 25.9. The molecule has 10 nitrogen and oxygen atoms in total. The number of nitrogens with one attached hydrogen (secondary N) is 1. The summed E-state index contributed by atoms with van der Waals surface area (Å²) in [5, 5.41) is 19.5. The van der Waals surface area contributed by atoms with Crippen LogP contribution in [0.1, 0.15) is 120 Å². The fraction of sp³-hybridized carbons (Fsp3) is 0.854. The van der Waals surface area contributed by atoms with Crippen LogP contribution in [0.5, 0.6) is 0 Å². The molecule has 3 saturated carbocycles. The Balaban J connectivity index is 1.39. The molecule has 1 aromatic rings. The van der Waals surface area contributed by atoms with Gasteiger partial charge in [-0.15, -0.1) is 0 Å². The number of carbonyl (C=O) groups is 1. The molecule has 1 saturated heterocycles. The fourth-order valence-electron chi connectivity index (χ4n) is 12.7. The molecule has 4 N–H and O–H groups in total. The number of nitrogens with two attached hydrogens (primary N) is 1. The van der Waals surface area contributed by atoms with Crippen molar-refractivity contribution in [2.24, 2.45) is 73.3 Å². The maximum absolute atomic E-state index is 13.6. The largest absolute Gasteiger partial charge is 0.481 e. The number of ether oxygens (including phenoxy) is 2. The first-order valence-electron chi connectivity index (χ1n) is 20.0. The highest BCUT2D eigenvalue weighted by Crippen LogP contribution is 2.75. The van der Waals surface area contributed by atoms with Gasteiger partial charge in [-0.25, -0.2) is 9.67 Å². The van der Waals surface area contributed by atoms with Crippen LogP contribution in [0.4, 0.5) is 0 Å². The standard InChI is InChI=1S/C41H66N6O4/c1-24(2)26(5)37(7)15-16-38(8)27-11-12-30-36(6)19-29(47-34(45-23-46-47)33-43-17-18-44-33)32(51-21-40(10,42)25(3)4)41(30,22-50-20-36)28(27)13-14-39(38,9)31(37)35(48)49/h13,23-27,29-32H,11-12,14-22,42H2,1-10H3,(H,43,44)(H,48,49)/t26-,27+,29-,30-,31-,32+,36-,37-,38-,39+,40+,41+/m1/s1. The SMILES string of the molecule is CC(C)[C@@H](C)[C@@]1(C)CC[C@]2(C)[C@H]3CC[C@@H]4[C@@]5(C)COC[C@@]4(C3=CC[C@@]2(C)[C@@H]1C(=O)O)[C@@H](OC[C@](C)(N)C(C)C)[C@H](n1ncnc1C1=NCCN1)C5. The van der Waals surface area contributed by atoms with Gasteiger partial charge in [-0.1, -0.05) is 74.0 Å². The van der Waals surface area contributed by atoms with E-state index in [4.69, 9.17) is 30.3 Å². The number of carboxylic acid groups (broad SMARTS) is 1. The number of allylic oxidation sites excluding steroid dienone is 1. The summed E-state index contributed by atoms with van der Waals surface area (Å²) in [5.74, 6) is 2.02. The third kappa shape index (κ3) is 5.18. The van der Waals surface area contributed by atoms with Crippen molar-refractivity contribution in [1.82, 2.24) is 20.1 Å². The minimum Gasteiger partial charge on any atom is -0.481 e. The zero-order valence-corrected chi connectivity index (χ0v) is 33.1. The van der Waals surface area contributed by atoms with E-state index in [-0.39, 0.29) is 40.2 Å². The molecule has 284 valence electrons. The summed E-state index contributed by atoms with van der Waals surface area (Å²) < 4.78 is 16.2. The number of hydrogen-bond donors (Lipinski definition) is 3. The van der Waals surface area contributed by atoms with Crippen LogP contribution in [0.3, 0.4) is 0 Å². The van der Waals surface area contributed by atoms with E-state index in [0.29, 0.717) is 37.6 Å². The van der Waals surface area contributed by atoms with Gasteiger partial charge in [-0.05, 0) is 96.7 Å². The number of aromatic nitrogens is 3. The van der Waals surface area contributed by atoms with Crippen molar-refractivity contribution in [1.29, 1.82) is 0 Å². The molecule has 0 radical (unpaired) electrons. The van der Waals surface area contributed by atoms with Gasteiger partial charge in [0, 0.05) is 17.5 Å². The summed E-state index contributed by atoms with van der Waals surface area (Å²) in [5.41, 5.74) is 6.52. The van der Waals surface area contributed by atoms with Gasteiger partial charge in [0.15, 0.2) is 11.7 Å². The van der Waals surface area contributed by atoms with Gasteiger partial charge in [-0.2, -0.15) is 5.10 Å². The van der Waals surface area contributed by atoms with Crippen molar-refractivity contribution < 1.29 is 19.4 Å². The minimum atomic E-state index is -0.632. The third-order valence-electron chi connectivity index (χ3n) is 16.7. The van der Waals surface area contributed by atoms with E-state index in [9.17, 15) is 9.90 Å². The number of rotatable bonds is 9. The summed E-state index contributed by atoms with van der Waals surface area (Å²) in [4.78, 5) is 23.1. The monoisotopic (exact) mass is 707 g/mol. The van der Waals surface area contributed by atoms with Gasteiger partial charge in [0.25, 0.3) is 0 Å². The van der Waals surface area contributed by atoms with Crippen molar-refractivity contribution in [2.75, 3.05) is 32.9 Å². The fourth-order valence-corrected chi connectivity index (χ4v) is 12.7. The Labute approximate surface area is 306 Å². The van der Waals surface area contributed by atoms with E-state index in [1.807, 2.05) is 0 Å². The molecule has 0 unspecified atom stereocenters. The molecule has 6 aliphatic rings. The molecule has 0 amide bonds. The lowest BCUT2D eigenvalue weighted by molar-refractivity contribution is -0.254. The highest BCUT2D eigenvalue weighted by atomic mass is 16.5. The van der Waals surface area contributed by atoms with Crippen LogP contribution in [0.15, 0.2) is 23.0 Å². The van der Waals surface area contributed by atoms with E-state index in [0.717, 1.165) is 63.3 Å². The van der Waals surface area contributed by atoms with Gasteiger partial charge in [0.2, 0.25) is 0 Å². The number of hydrogen-bond acceptors (Lipinski definition) is 8. The van der Waals surface area contributed by atoms with Gasteiger partial charge in [0.05, 0.1) is 44.4 Å². The topological polar surface area (TPSA) is 137 Å². The molecule has 10 heteroatoms. The van der Waals surface area contributed by atoms with Crippen molar-refractivity contribution in [3.8, 4) is 0 Å². The maximum Gasteiger partial charge on any atom is 0.307 e. The predicted octanol–water partition coefficient (Wildman–Crippen LogP) is 6.52. The molecule has 0 spiro atoms. The highest BCUT2D eigenvalue weighted by Gasteiger charge is 2.73. The zero-order valence-electron chi connectivity index (χ0n) is 33.1. The van der Waals surface area contributed by atoms with Crippen molar-refractivity contribution >= 4 is 11.8 Å². The molecule has 4 aliphatic carbocycles. The molecule has 0 aromatic carbocycles. The molecular formula is C41H66N6O4. The number of amidine groups is 1. The number of aliphatic carboxylic acids is 1. The third-order valence-corrected chi connectivity index (χ3v) is 16.7. The molecule has 7 rings (SSSR count). The molecule has 4 fully saturated rings. The average Bonchev–Trinajstić information content (AvgIpc) is 3.76.